The Bertz CT molecular complexity index is 1190. The molecule has 30 heavy (non-hydrogen) atoms. The molecule has 0 unspecified atom stereocenters. The smallest absolute Gasteiger partial charge is 0.193 e. The molecule has 1 N–H and O–H groups in total. The Kier molecular flexibility index (Phi) is 5.77. The summed E-state index contributed by atoms with van der Waals surface area (Å²) in [6, 6.07) is 21.0. The molecule has 0 saturated carbocycles. The van der Waals surface area contributed by atoms with Crippen LogP contribution in [0.25, 0.3) is 11.0 Å². The van der Waals surface area contributed by atoms with E-state index in [4.69, 9.17) is 4.74 Å². The fraction of sp³-hybridized carbons (Fsp3) is 0.167. The molecule has 1 heterocycles. The monoisotopic (exact) mass is 417 g/mol. The molecule has 4 aromatic rings. The highest BCUT2D eigenvalue weighted by Gasteiger charge is 2.12. The summed E-state index contributed by atoms with van der Waals surface area (Å²) in [4.78, 5) is 22.8. The van der Waals surface area contributed by atoms with Gasteiger partial charge in [0.15, 0.2) is 10.9 Å². The number of carbonyl (C=O) groups excluding carboxylic acids is 1. The summed E-state index contributed by atoms with van der Waals surface area (Å²) >= 11 is 1.64. The van der Waals surface area contributed by atoms with E-state index in [0.29, 0.717) is 11.1 Å². The summed E-state index contributed by atoms with van der Waals surface area (Å²) in [5.41, 5.74) is 5.37. The van der Waals surface area contributed by atoms with E-state index < -0.39 is 0 Å². The highest BCUT2D eigenvalue weighted by molar-refractivity contribution is 7.98. The minimum atomic E-state index is 0.00941. The molecule has 0 spiro atoms. The second-order valence-electron chi connectivity index (χ2n) is 7.15. The lowest BCUT2D eigenvalue weighted by Crippen LogP contribution is -2.11. The van der Waals surface area contributed by atoms with Gasteiger partial charge in [-0.1, -0.05) is 48.2 Å². The highest BCUT2D eigenvalue weighted by Crippen LogP contribution is 2.31. The first-order valence-corrected chi connectivity index (χ1v) is 10.6. The minimum Gasteiger partial charge on any atom is -0.497 e. The Morgan fingerprint density at radius 3 is 2.57 bits per heavy atom. The Morgan fingerprint density at radius 1 is 1.03 bits per heavy atom. The van der Waals surface area contributed by atoms with Gasteiger partial charge in [-0.05, 0) is 29.8 Å². The van der Waals surface area contributed by atoms with Crippen molar-refractivity contribution in [2.24, 2.45) is 0 Å². The number of nitrogens with zero attached hydrogens (tertiary/aromatic N) is 2. The van der Waals surface area contributed by atoms with Gasteiger partial charge in [-0.2, -0.15) is 0 Å². The number of methoxy groups -OCH3 is 1. The van der Waals surface area contributed by atoms with Crippen molar-refractivity contribution in [3.63, 3.8) is 0 Å². The van der Waals surface area contributed by atoms with Crippen LogP contribution in [0, 0.1) is 0 Å². The van der Waals surface area contributed by atoms with Crippen LogP contribution in [0.1, 0.15) is 21.5 Å². The molecule has 0 aliphatic heterocycles. The molecule has 152 valence electrons. The predicted octanol–water partition coefficient (Wildman–Crippen LogP) is 5.16. The second-order valence-corrected chi connectivity index (χ2v) is 8.11. The Labute approximate surface area is 180 Å². The van der Waals surface area contributed by atoms with Crippen LogP contribution in [0.4, 0.5) is 5.69 Å². The quantitative estimate of drug-likeness (QED) is 0.332. The van der Waals surface area contributed by atoms with Gasteiger partial charge in [0, 0.05) is 42.7 Å². The van der Waals surface area contributed by atoms with Crippen LogP contribution in [0.5, 0.6) is 5.75 Å². The number of rotatable bonds is 7. The summed E-state index contributed by atoms with van der Waals surface area (Å²) in [7, 11) is 5.72. The van der Waals surface area contributed by atoms with Crippen LogP contribution in [-0.2, 0) is 5.75 Å². The van der Waals surface area contributed by atoms with Gasteiger partial charge in [0.05, 0.1) is 18.1 Å². The van der Waals surface area contributed by atoms with Gasteiger partial charge in [-0.3, -0.25) is 4.79 Å². The second kappa shape index (κ2) is 8.63. The average molecular weight is 418 g/mol. The minimum absolute atomic E-state index is 0.00941. The Hall–Kier alpha value is -3.25. The molecule has 4 rings (SSSR count). The maximum atomic E-state index is 12.7. The van der Waals surface area contributed by atoms with Crippen molar-refractivity contribution in [3.8, 4) is 5.75 Å². The summed E-state index contributed by atoms with van der Waals surface area (Å²) in [5, 5.41) is 0.829. The number of nitrogens with one attached hydrogen (secondary N) is 1. The van der Waals surface area contributed by atoms with Crippen molar-refractivity contribution in [3.05, 3.63) is 83.4 Å². The molecule has 0 aliphatic carbocycles. The van der Waals surface area contributed by atoms with Crippen molar-refractivity contribution in [1.82, 2.24) is 9.97 Å². The molecule has 6 heteroatoms. The van der Waals surface area contributed by atoms with Crippen LogP contribution < -0.4 is 9.64 Å². The number of aromatic amines is 1. The number of hydrogen-bond donors (Lipinski definition) is 1. The summed E-state index contributed by atoms with van der Waals surface area (Å²) in [6.45, 7) is 0. The third-order valence-electron chi connectivity index (χ3n) is 4.90. The van der Waals surface area contributed by atoms with Crippen LogP contribution in [-0.4, -0.2) is 37.0 Å². The first-order valence-electron chi connectivity index (χ1n) is 9.61. The van der Waals surface area contributed by atoms with E-state index in [2.05, 4.69) is 20.9 Å². The number of thioether (sulfide) groups is 1. The fourth-order valence-electron chi connectivity index (χ4n) is 3.31. The van der Waals surface area contributed by atoms with Gasteiger partial charge in [-0.15, -0.1) is 0 Å². The molecular weight excluding hydrogens is 394 g/mol. The molecule has 3 aromatic carbocycles. The Morgan fingerprint density at radius 2 is 1.83 bits per heavy atom. The lowest BCUT2D eigenvalue weighted by atomic mass is 10.0. The van der Waals surface area contributed by atoms with Crippen molar-refractivity contribution in [2.45, 2.75) is 10.9 Å². The molecule has 0 atom stereocenters. The predicted molar refractivity (Wildman–Crippen MR) is 123 cm³/mol. The van der Waals surface area contributed by atoms with E-state index in [-0.39, 0.29) is 5.78 Å². The molecule has 0 aliphatic rings. The molecule has 0 saturated heterocycles. The number of benzene rings is 3. The number of aromatic nitrogens is 2. The van der Waals surface area contributed by atoms with Gasteiger partial charge in [0.1, 0.15) is 5.75 Å². The molecule has 0 amide bonds. The fourth-order valence-corrected chi connectivity index (χ4v) is 4.19. The van der Waals surface area contributed by atoms with Gasteiger partial charge < -0.3 is 14.6 Å². The largest absolute Gasteiger partial charge is 0.497 e. The lowest BCUT2D eigenvalue weighted by molar-refractivity contribution is 0.103. The van der Waals surface area contributed by atoms with E-state index in [1.54, 1.807) is 18.9 Å². The zero-order valence-electron chi connectivity index (χ0n) is 17.2. The normalized spacial score (nSPS) is 10.9. The number of ketones is 1. The van der Waals surface area contributed by atoms with Crippen molar-refractivity contribution < 1.29 is 9.53 Å². The summed E-state index contributed by atoms with van der Waals surface area (Å²) < 4.78 is 5.35. The van der Waals surface area contributed by atoms with Crippen molar-refractivity contribution in [1.29, 1.82) is 0 Å². The molecule has 1 aromatic heterocycles. The topological polar surface area (TPSA) is 58.2 Å². The lowest BCUT2D eigenvalue weighted by Gasteiger charge is -2.18. The number of hydrogen-bond acceptors (Lipinski definition) is 5. The summed E-state index contributed by atoms with van der Waals surface area (Å²) in [6.07, 6.45) is 0. The maximum Gasteiger partial charge on any atom is 0.193 e. The van der Waals surface area contributed by atoms with E-state index in [9.17, 15) is 4.79 Å². The average Bonchev–Trinajstić information content (AvgIpc) is 3.19. The number of carbonyl (C=O) groups is 1. The first-order chi connectivity index (χ1) is 14.5. The van der Waals surface area contributed by atoms with Crippen LogP contribution in [0.3, 0.4) is 0 Å². The number of ether oxygens (including phenoxy) is 1. The van der Waals surface area contributed by atoms with Gasteiger partial charge in [0.2, 0.25) is 0 Å². The number of anilines is 1. The molecule has 0 fully saturated rings. The molecule has 5 nitrogen and oxygen atoms in total. The first kappa shape index (κ1) is 20.0. The van der Waals surface area contributed by atoms with Crippen LogP contribution in [0.2, 0.25) is 0 Å². The van der Waals surface area contributed by atoms with E-state index in [0.717, 1.165) is 33.4 Å². The van der Waals surface area contributed by atoms with Gasteiger partial charge >= 0.3 is 0 Å². The molecule has 0 bridgehead atoms. The van der Waals surface area contributed by atoms with E-state index >= 15 is 0 Å². The standard InChI is InChI=1S/C24H23N3O2S/c1-27(2)22-14-19(29-3)11-9-18(22)15-30-24-25-20-12-10-17(13-21(20)26-24)23(28)16-7-5-4-6-8-16/h4-14H,15H2,1-3H3,(H,25,26). The third-order valence-corrected chi connectivity index (χ3v) is 5.82. The zero-order chi connectivity index (χ0) is 21.1. The van der Waals surface area contributed by atoms with Crippen molar-refractivity contribution in [2.75, 3.05) is 26.1 Å². The third kappa shape index (κ3) is 4.19. The van der Waals surface area contributed by atoms with E-state index in [1.807, 2.05) is 74.8 Å². The van der Waals surface area contributed by atoms with Crippen LogP contribution >= 0.6 is 11.8 Å². The number of H-pyrrole nitrogens is 1. The number of fused-ring (bicyclic) bond motifs is 1. The highest BCUT2D eigenvalue weighted by atomic mass is 32.2. The van der Waals surface area contributed by atoms with E-state index in [1.165, 1.54) is 5.56 Å². The zero-order valence-corrected chi connectivity index (χ0v) is 18.0. The molecular formula is C24H23N3O2S. The van der Waals surface area contributed by atoms with Crippen LogP contribution in [0.15, 0.2) is 71.9 Å². The Balaban J connectivity index is 1.54. The maximum absolute atomic E-state index is 12.7. The molecule has 0 radical (unpaired) electrons. The SMILES string of the molecule is COc1ccc(CSc2nc3ccc(C(=O)c4ccccc4)cc3[nH]2)c(N(C)C)c1. The number of imidazole rings is 1. The van der Waals surface area contributed by atoms with Gasteiger partial charge in [0.25, 0.3) is 0 Å². The van der Waals surface area contributed by atoms with Gasteiger partial charge in [-0.25, -0.2) is 4.98 Å². The van der Waals surface area contributed by atoms with Crippen molar-refractivity contribution >= 4 is 34.3 Å². The summed E-state index contributed by atoms with van der Waals surface area (Å²) in [5.74, 6) is 1.62.